The zero-order valence-electron chi connectivity index (χ0n) is 19.1. The van der Waals surface area contributed by atoms with Crippen LogP contribution < -0.4 is 0 Å². The van der Waals surface area contributed by atoms with Crippen LogP contribution in [0.5, 0.6) is 0 Å². The fourth-order valence-electron chi connectivity index (χ4n) is 4.05. The van der Waals surface area contributed by atoms with E-state index < -0.39 is 5.60 Å². The predicted octanol–water partition coefficient (Wildman–Crippen LogP) is 6.46. The quantitative estimate of drug-likeness (QED) is 0.423. The fourth-order valence-corrected chi connectivity index (χ4v) is 5.04. The maximum Gasteiger partial charge on any atom is 0.158 e. The molecule has 1 aromatic carbocycles. The summed E-state index contributed by atoms with van der Waals surface area (Å²) in [6, 6.07) is 10.6. The van der Waals surface area contributed by atoms with Crippen molar-refractivity contribution in [2.45, 2.75) is 89.1 Å². The molecule has 0 saturated carbocycles. The Balaban J connectivity index is 0.000000234. The lowest BCUT2D eigenvalue weighted by Crippen LogP contribution is -2.31. The zero-order valence-corrected chi connectivity index (χ0v) is 19.9. The highest BCUT2D eigenvalue weighted by molar-refractivity contribution is 7.99. The van der Waals surface area contributed by atoms with Crippen molar-refractivity contribution in [3.8, 4) is 0 Å². The molecular weight excluding hydrogens is 380 g/mol. The topological polar surface area (TPSA) is 38.7 Å². The van der Waals surface area contributed by atoms with Crippen LogP contribution in [-0.4, -0.2) is 35.5 Å². The minimum Gasteiger partial charge on any atom is -0.390 e. The van der Waals surface area contributed by atoms with Crippen molar-refractivity contribution in [3.05, 3.63) is 42.0 Å². The van der Waals surface area contributed by atoms with Gasteiger partial charge in [0, 0.05) is 18.4 Å². The maximum absolute atomic E-state index is 9.70. The van der Waals surface area contributed by atoms with Crippen molar-refractivity contribution in [2.75, 3.05) is 12.9 Å². The molecule has 4 heteroatoms. The third kappa shape index (κ3) is 8.09. The van der Waals surface area contributed by atoms with Gasteiger partial charge < -0.3 is 14.6 Å². The summed E-state index contributed by atoms with van der Waals surface area (Å²) >= 11 is 1.92. The van der Waals surface area contributed by atoms with Gasteiger partial charge in [-0.25, -0.2) is 0 Å². The van der Waals surface area contributed by atoms with Gasteiger partial charge in [-0.2, -0.15) is 0 Å². The lowest BCUT2D eigenvalue weighted by Gasteiger charge is -2.31. The van der Waals surface area contributed by atoms with E-state index in [0.29, 0.717) is 11.8 Å². The fraction of sp³-hybridized carbons (Fsp3) is 0.680. The summed E-state index contributed by atoms with van der Waals surface area (Å²) in [4.78, 5) is 1.34. The van der Waals surface area contributed by atoms with Crippen LogP contribution in [0.1, 0.15) is 66.7 Å². The largest absolute Gasteiger partial charge is 0.390 e. The minimum atomic E-state index is -0.489. The summed E-state index contributed by atoms with van der Waals surface area (Å²) < 4.78 is 11.2. The zero-order chi connectivity index (χ0) is 21.5. The van der Waals surface area contributed by atoms with E-state index in [1.807, 2.05) is 25.6 Å². The van der Waals surface area contributed by atoms with Gasteiger partial charge >= 0.3 is 0 Å². The molecule has 1 aromatic rings. The molecule has 1 aliphatic heterocycles. The normalized spacial score (nSPS) is 26.4. The highest BCUT2D eigenvalue weighted by Gasteiger charge is 2.41. The van der Waals surface area contributed by atoms with Gasteiger partial charge in [0.05, 0.1) is 11.2 Å². The molecule has 1 heterocycles. The van der Waals surface area contributed by atoms with E-state index in [4.69, 9.17) is 9.47 Å². The summed E-state index contributed by atoms with van der Waals surface area (Å²) in [7, 11) is 1.72. The predicted molar refractivity (Wildman–Crippen MR) is 123 cm³/mol. The van der Waals surface area contributed by atoms with E-state index in [-0.39, 0.29) is 11.9 Å². The van der Waals surface area contributed by atoms with Gasteiger partial charge in [0.25, 0.3) is 0 Å². The van der Waals surface area contributed by atoms with Crippen LogP contribution in [0.25, 0.3) is 0 Å². The number of hydrogen-bond donors (Lipinski definition) is 1. The summed E-state index contributed by atoms with van der Waals surface area (Å²) in [5.41, 5.74) is 0.931. The lowest BCUT2D eigenvalue weighted by atomic mass is 9.80. The van der Waals surface area contributed by atoms with Crippen molar-refractivity contribution in [3.63, 3.8) is 0 Å². The van der Waals surface area contributed by atoms with Gasteiger partial charge in [0.2, 0.25) is 0 Å². The Bertz CT molecular complexity index is 633. The van der Waals surface area contributed by atoms with Gasteiger partial charge in [0.15, 0.2) is 6.29 Å². The Morgan fingerprint density at radius 1 is 1.24 bits per heavy atom. The number of hydrogen-bond acceptors (Lipinski definition) is 4. The number of aliphatic hydroxyl groups is 1. The third-order valence-corrected chi connectivity index (χ3v) is 7.32. The first-order chi connectivity index (χ1) is 13.6. The Hall–Kier alpha value is -0.810. The molecule has 1 N–H and O–H groups in total. The Kier molecular flexibility index (Phi) is 9.27. The molecule has 0 amide bonds. The van der Waals surface area contributed by atoms with Crippen LogP contribution in [0.4, 0.5) is 0 Å². The van der Waals surface area contributed by atoms with Crippen LogP contribution in [0.3, 0.4) is 0 Å². The number of thioether (sulfide) groups is 1. The highest BCUT2D eigenvalue weighted by atomic mass is 32.2. The molecular formula is C25H40O3S. The summed E-state index contributed by atoms with van der Waals surface area (Å²) in [6.45, 7) is 10.3. The second-order valence-electron chi connectivity index (χ2n) is 9.44. The van der Waals surface area contributed by atoms with Crippen LogP contribution in [0.15, 0.2) is 46.9 Å². The molecule has 0 spiro atoms. The molecule has 1 aliphatic carbocycles. The molecule has 3 unspecified atom stereocenters. The van der Waals surface area contributed by atoms with E-state index in [2.05, 4.69) is 57.2 Å². The Labute approximate surface area is 182 Å². The first-order valence-electron chi connectivity index (χ1n) is 10.9. The molecule has 3 atom stereocenters. The third-order valence-electron chi connectivity index (χ3n) is 6.27. The van der Waals surface area contributed by atoms with Gasteiger partial charge in [-0.1, -0.05) is 29.8 Å². The second kappa shape index (κ2) is 11.0. The summed E-state index contributed by atoms with van der Waals surface area (Å²) in [5, 5.41) is 9.70. The molecule has 1 saturated heterocycles. The molecule has 3 rings (SSSR count). The first-order valence-corrected chi connectivity index (χ1v) is 11.9. The number of rotatable bonds is 6. The lowest BCUT2D eigenvalue weighted by molar-refractivity contribution is -0.146. The number of benzene rings is 1. The molecule has 0 bridgehead atoms. The van der Waals surface area contributed by atoms with Crippen molar-refractivity contribution in [2.24, 2.45) is 11.8 Å². The SMILES string of the molecule is CC1=CCC(C(C)(C)O)CC1.COC1CC(CCSc2ccccc2)C(C)(C)O1. The van der Waals surface area contributed by atoms with Crippen LogP contribution in [-0.2, 0) is 9.47 Å². The van der Waals surface area contributed by atoms with Gasteiger partial charge in [0.1, 0.15) is 0 Å². The molecule has 29 heavy (non-hydrogen) atoms. The van der Waals surface area contributed by atoms with Crippen molar-refractivity contribution in [1.82, 2.24) is 0 Å². The average molecular weight is 421 g/mol. The minimum absolute atomic E-state index is 0.0216. The summed E-state index contributed by atoms with van der Waals surface area (Å²) in [5.74, 6) is 2.18. The molecule has 164 valence electrons. The van der Waals surface area contributed by atoms with Crippen LogP contribution >= 0.6 is 11.8 Å². The van der Waals surface area contributed by atoms with Crippen molar-refractivity contribution >= 4 is 11.8 Å². The monoisotopic (exact) mass is 420 g/mol. The van der Waals surface area contributed by atoms with Gasteiger partial charge in [-0.15, -0.1) is 11.8 Å². The molecule has 0 aromatic heterocycles. The van der Waals surface area contributed by atoms with E-state index in [1.165, 1.54) is 16.9 Å². The highest BCUT2D eigenvalue weighted by Crippen LogP contribution is 2.39. The molecule has 0 radical (unpaired) electrons. The molecule has 2 aliphatic rings. The molecule has 3 nitrogen and oxygen atoms in total. The summed E-state index contributed by atoms with van der Waals surface area (Å²) in [6.07, 6.45) is 7.78. The van der Waals surface area contributed by atoms with E-state index in [0.717, 1.165) is 31.4 Å². The Morgan fingerprint density at radius 2 is 1.93 bits per heavy atom. The smallest absolute Gasteiger partial charge is 0.158 e. The standard InChI is InChI=1S/C15H22O2S.C10H18O/c1-15(2)12(11-14(16-3)17-15)9-10-18-13-7-5-4-6-8-13;1-8-4-6-9(7-5-8)10(2,3)11/h4-8,12,14H,9-11H2,1-3H3;4,9,11H,5-7H2,1-3H3. The molecule has 1 fully saturated rings. The van der Waals surface area contributed by atoms with E-state index in [1.54, 1.807) is 7.11 Å². The van der Waals surface area contributed by atoms with E-state index in [9.17, 15) is 5.11 Å². The van der Waals surface area contributed by atoms with E-state index >= 15 is 0 Å². The maximum atomic E-state index is 9.70. The van der Waals surface area contributed by atoms with Crippen molar-refractivity contribution in [1.29, 1.82) is 0 Å². The number of allylic oxidation sites excluding steroid dienone is 2. The first kappa shape index (κ1) is 24.5. The second-order valence-corrected chi connectivity index (χ2v) is 10.6. The van der Waals surface area contributed by atoms with Gasteiger partial charge in [-0.05, 0) is 90.0 Å². The van der Waals surface area contributed by atoms with Crippen LogP contribution in [0.2, 0.25) is 0 Å². The van der Waals surface area contributed by atoms with Crippen LogP contribution in [0, 0.1) is 11.8 Å². The van der Waals surface area contributed by atoms with Crippen molar-refractivity contribution < 1.29 is 14.6 Å². The average Bonchev–Trinajstić information content (AvgIpc) is 2.97. The number of methoxy groups -OCH3 is 1. The van der Waals surface area contributed by atoms with Gasteiger partial charge in [-0.3, -0.25) is 0 Å². The Morgan fingerprint density at radius 3 is 2.45 bits per heavy atom. The number of ether oxygens (including phenoxy) is 2.